The van der Waals surface area contributed by atoms with Gasteiger partial charge in [-0.3, -0.25) is 4.79 Å². The largest absolute Gasteiger partial charge is 0.274 e. The minimum absolute atomic E-state index is 0.388. The molecule has 2 aromatic heterocycles. The minimum Gasteiger partial charge on any atom is -0.270 e. The highest BCUT2D eigenvalue weighted by atomic mass is 32.2. The second-order valence-electron chi connectivity index (χ2n) is 7.10. The first-order valence-electron chi connectivity index (χ1n) is 8.84. The number of fused-ring (bicyclic) bond motifs is 1. The smallest absolute Gasteiger partial charge is 0.270 e. The van der Waals surface area contributed by atoms with Crippen molar-refractivity contribution in [3.8, 4) is 11.8 Å². The molecule has 142 valence electrons. The Labute approximate surface area is 162 Å². The number of nitrogens with zero attached hydrogens (tertiary/aromatic N) is 6. The molecule has 0 radical (unpaired) electrons. The van der Waals surface area contributed by atoms with Crippen LogP contribution >= 0.6 is 0 Å². The summed E-state index contributed by atoms with van der Waals surface area (Å²) < 4.78 is 19.4. The summed E-state index contributed by atoms with van der Waals surface area (Å²) in [6, 6.07) is 7.21. The van der Waals surface area contributed by atoms with Crippen molar-refractivity contribution in [1.82, 2.24) is 19.7 Å². The molecule has 8 nitrogen and oxygen atoms in total. The van der Waals surface area contributed by atoms with Gasteiger partial charge in [-0.2, -0.15) is 14.7 Å². The van der Waals surface area contributed by atoms with E-state index in [1.54, 1.807) is 55.3 Å². The maximum absolute atomic E-state index is 13.7. The van der Waals surface area contributed by atoms with E-state index in [-0.39, 0.29) is 5.25 Å². The van der Waals surface area contributed by atoms with Gasteiger partial charge in [0.1, 0.15) is 17.4 Å². The van der Waals surface area contributed by atoms with Crippen LogP contribution in [0, 0.1) is 16.7 Å². The molecule has 1 unspecified atom stereocenters. The molecule has 1 amide bonds. The molecule has 1 aliphatic carbocycles. The van der Waals surface area contributed by atoms with E-state index in [0.29, 0.717) is 28.9 Å². The molecule has 0 aliphatic heterocycles. The zero-order valence-electron chi connectivity index (χ0n) is 15.4. The van der Waals surface area contributed by atoms with Gasteiger partial charge in [0.05, 0.1) is 33.7 Å². The fourth-order valence-electron chi connectivity index (χ4n) is 2.87. The van der Waals surface area contributed by atoms with Crippen molar-refractivity contribution in [3.63, 3.8) is 0 Å². The number of rotatable bonds is 4. The molecule has 0 N–H and O–H groups in total. The van der Waals surface area contributed by atoms with Crippen LogP contribution in [-0.2, 0) is 14.5 Å². The van der Waals surface area contributed by atoms with Crippen LogP contribution in [0.2, 0.25) is 0 Å². The fraction of sp³-hybridized carbons (Fsp3) is 0.316. The maximum atomic E-state index is 13.7. The van der Waals surface area contributed by atoms with E-state index in [1.807, 2.05) is 6.07 Å². The number of carbonyl (C=O) groups is 1. The highest BCUT2D eigenvalue weighted by Gasteiger charge is 2.51. The summed E-state index contributed by atoms with van der Waals surface area (Å²) >= 11 is 0. The summed E-state index contributed by atoms with van der Waals surface area (Å²) in [5.41, 5.74) is 0.328. The molecular formula is C19H18N6O2S. The van der Waals surface area contributed by atoms with Crippen LogP contribution in [-0.4, -0.2) is 35.1 Å². The Morgan fingerprint density at radius 1 is 1.32 bits per heavy atom. The molecule has 0 spiro atoms. The average Bonchev–Trinajstić information content (AvgIpc) is 3.39. The van der Waals surface area contributed by atoms with Crippen LogP contribution in [0.25, 0.3) is 16.6 Å². The lowest BCUT2D eigenvalue weighted by Crippen LogP contribution is -2.20. The summed E-state index contributed by atoms with van der Waals surface area (Å²) in [5, 5.41) is 14.1. The molecule has 1 saturated carbocycles. The number of nitriles is 1. The topological polar surface area (TPSA) is 114 Å². The number of benzene rings is 1. The molecule has 0 saturated heterocycles. The van der Waals surface area contributed by atoms with Crippen molar-refractivity contribution in [2.24, 2.45) is 9.78 Å². The van der Waals surface area contributed by atoms with Gasteiger partial charge in [0.25, 0.3) is 5.91 Å². The van der Waals surface area contributed by atoms with E-state index < -0.39 is 21.1 Å². The second kappa shape index (κ2) is 6.49. The van der Waals surface area contributed by atoms with E-state index in [2.05, 4.69) is 19.4 Å². The normalized spacial score (nSPS) is 17.1. The van der Waals surface area contributed by atoms with Crippen molar-refractivity contribution in [1.29, 1.82) is 5.26 Å². The van der Waals surface area contributed by atoms with Crippen molar-refractivity contribution < 1.29 is 9.00 Å². The molecule has 9 heteroatoms. The fourth-order valence-corrected chi connectivity index (χ4v) is 4.71. The van der Waals surface area contributed by atoms with Gasteiger partial charge < -0.3 is 0 Å². The Balaban J connectivity index is 1.81. The number of hydrogen-bond donors (Lipinski definition) is 0. The Bertz CT molecular complexity index is 1230. The maximum Gasteiger partial charge on any atom is 0.274 e. The molecule has 1 aromatic carbocycles. The molecule has 1 fully saturated rings. The Morgan fingerprint density at radius 2 is 2.04 bits per heavy atom. The van der Waals surface area contributed by atoms with E-state index in [9.17, 15) is 14.3 Å². The number of hydrogen-bond acceptors (Lipinski definition) is 6. The van der Waals surface area contributed by atoms with Gasteiger partial charge >= 0.3 is 0 Å². The quantitative estimate of drug-likeness (QED) is 0.672. The van der Waals surface area contributed by atoms with Crippen molar-refractivity contribution in [2.75, 3.05) is 0 Å². The van der Waals surface area contributed by atoms with Crippen LogP contribution in [0.4, 0.5) is 0 Å². The summed E-state index contributed by atoms with van der Waals surface area (Å²) in [6.07, 6.45) is 7.46. The molecule has 3 aromatic rings. The van der Waals surface area contributed by atoms with Gasteiger partial charge in [-0.1, -0.05) is 0 Å². The Kier molecular flexibility index (Phi) is 4.23. The third-order valence-corrected chi connectivity index (χ3v) is 7.50. The van der Waals surface area contributed by atoms with Gasteiger partial charge in [-0.25, -0.2) is 18.9 Å². The lowest BCUT2D eigenvalue weighted by Gasteiger charge is -2.14. The molecule has 4 rings (SSSR count). The highest BCUT2D eigenvalue weighted by Crippen LogP contribution is 2.46. The SMILES string of the molecule is CC(C)S(=O)(=NC(=O)C1(C#N)CC1)c1ccc2nn(-c3cncnc3)cc2c1. The number of carbonyl (C=O) groups excluding carboxylic acids is 1. The second-order valence-corrected chi connectivity index (χ2v) is 9.83. The highest BCUT2D eigenvalue weighted by molar-refractivity contribution is 7.94. The summed E-state index contributed by atoms with van der Waals surface area (Å²) in [5.74, 6) is -0.578. The molecule has 1 aliphatic rings. The van der Waals surface area contributed by atoms with E-state index in [4.69, 9.17) is 0 Å². The lowest BCUT2D eigenvalue weighted by molar-refractivity contribution is -0.120. The lowest BCUT2D eigenvalue weighted by atomic mass is 10.1. The van der Waals surface area contributed by atoms with Crippen LogP contribution in [0.3, 0.4) is 0 Å². The Morgan fingerprint density at radius 3 is 2.64 bits per heavy atom. The van der Waals surface area contributed by atoms with Gasteiger partial charge in [0.15, 0.2) is 0 Å². The number of aromatic nitrogens is 4. The van der Waals surface area contributed by atoms with Crippen molar-refractivity contribution >= 4 is 26.5 Å². The van der Waals surface area contributed by atoms with Crippen LogP contribution in [0.15, 0.2) is 52.4 Å². The van der Waals surface area contributed by atoms with Crippen LogP contribution in [0.5, 0.6) is 0 Å². The predicted octanol–water partition coefficient (Wildman–Crippen LogP) is 2.88. The van der Waals surface area contributed by atoms with Gasteiger partial charge in [0, 0.05) is 21.7 Å². The average molecular weight is 394 g/mol. The molecular weight excluding hydrogens is 376 g/mol. The minimum atomic E-state index is -3.02. The third-order valence-electron chi connectivity index (χ3n) is 4.86. The first-order chi connectivity index (χ1) is 13.4. The van der Waals surface area contributed by atoms with Crippen molar-refractivity contribution in [2.45, 2.75) is 36.8 Å². The summed E-state index contributed by atoms with van der Waals surface area (Å²) in [7, 11) is -3.02. The zero-order chi connectivity index (χ0) is 19.9. The van der Waals surface area contributed by atoms with Crippen molar-refractivity contribution in [3.05, 3.63) is 43.1 Å². The summed E-state index contributed by atoms with van der Waals surface area (Å²) in [4.78, 5) is 20.9. The first-order valence-corrected chi connectivity index (χ1v) is 10.4. The van der Waals surface area contributed by atoms with E-state index in [0.717, 1.165) is 5.39 Å². The van der Waals surface area contributed by atoms with Crippen LogP contribution < -0.4 is 0 Å². The van der Waals surface area contributed by atoms with Gasteiger partial charge in [-0.05, 0) is 44.9 Å². The molecule has 28 heavy (non-hydrogen) atoms. The number of amides is 1. The van der Waals surface area contributed by atoms with E-state index in [1.165, 1.54) is 6.33 Å². The van der Waals surface area contributed by atoms with Crippen LogP contribution in [0.1, 0.15) is 26.7 Å². The molecule has 0 bridgehead atoms. The third kappa shape index (κ3) is 2.96. The standard InChI is InChI=1S/C19H18N6O2S/c1-13(2)28(27,24-18(26)19(11-20)5-6-19)16-3-4-17-14(7-16)10-25(23-17)15-8-21-12-22-9-15/h3-4,7-10,12-13H,5-6H2,1-2H3. The van der Waals surface area contributed by atoms with E-state index >= 15 is 0 Å². The monoisotopic (exact) mass is 394 g/mol. The van der Waals surface area contributed by atoms with Gasteiger partial charge in [0.2, 0.25) is 0 Å². The molecule has 1 atom stereocenters. The first kappa shape index (κ1) is 18.3. The summed E-state index contributed by atoms with van der Waals surface area (Å²) in [6.45, 7) is 3.53. The van der Waals surface area contributed by atoms with Gasteiger partial charge in [-0.15, -0.1) is 0 Å². The zero-order valence-corrected chi connectivity index (χ0v) is 16.3. The molecule has 2 heterocycles. The predicted molar refractivity (Wildman–Crippen MR) is 103 cm³/mol. The Hall–Kier alpha value is -3.12.